The molecule has 3 aromatic rings. The van der Waals surface area contributed by atoms with Gasteiger partial charge in [0.1, 0.15) is 5.75 Å². The van der Waals surface area contributed by atoms with Crippen LogP contribution in [0.15, 0.2) is 54.0 Å². The molecular weight excluding hydrogens is 368 g/mol. The molecule has 0 saturated heterocycles. The van der Waals surface area contributed by atoms with E-state index in [2.05, 4.69) is 43.6 Å². The molecule has 28 heavy (non-hydrogen) atoms. The molecule has 0 atom stereocenters. The number of amides is 1. The Morgan fingerprint density at radius 3 is 2.71 bits per heavy atom. The van der Waals surface area contributed by atoms with Crippen LogP contribution in [0.3, 0.4) is 0 Å². The van der Waals surface area contributed by atoms with Crippen molar-refractivity contribution in [2.24, 2.45) is 4.99 Å². The molecule has 4 nitrogen and oxygen atoms in total. The number of aromatic nitrogens is 1. The van der Waals surface area contributed by atoms with E-state index >= 15 is 0 Å². The molecule has 1 heterocycles. The number of allylic oxidation sites excluding steroid dienone is 1. The van der Waals surface area contributed by atoms with Crippen LogP contribution in [0.2, 0.25) is 0 Å². The largest absolute Gasteiger partial charge is 0.496 e. The summed E-state index contributed by atoms with van der Waals surface area (Å²) in [5.41, 5.74) is 4.32. The van der Waals surface area contributed by atoms with Crippen molar-refractivity contribution >= 4 is 27.5 Å². The lowest BCUT2D eigenvalue weighted by Gasteiger charge is -2.06. The highest BCUT2D eigenvalue weighted by Crippen LogP contribution is 2.24. The van der Waals surface area contributed by atoms with Gasteiger partial charge in [0.25, 0.3) is 5.91 Å². The molecule has 0 fully saturated rings. The SMILES string of the molecule is C=CCn1c(=NC(=O)Cc2ccc(OC)c(C)c2)sc2cc(C(C)C)ccc21. The van der Waals surface area contributed by atoms with Gasteiger partial charge in [0, 0.05) is 6.54 Å². The van der Waals surface area contributed by atoms with Gasteiger partial charge in [-0.3, -0.25) is 4.79 Å². The van der Waals surface area contributed by atoms with Gasteiger partial charge in [-0.25, -0.2) is 0 Å². The Hall–Kier alpha value is -2.66. The third-order valence-electron chi connectivity index (χ3n) is 4.72. The van der Waals surface area contributed by atoms with Crippen LogP contribution in [-0.2, 0) is 17.8 Å². The fraction of sp³-hybridized carbons (Fsp3) is 0.304. The van der Waals surface area contributed by atoms with Gasteiger partial charge in [-0.05, 0) is 47.7 Å². The molecule has 0 radical (unpaired) electrons. The van der Waals surface area contributed by atoms with Crippen LogP contribution in [0.4, 0.5) is 0 Å². The second-order valence-electron chi connectivity index (χ2n) is 7.15. The standard InChI is InChI=1S/C23H26N2O2S/c1-6-11-25-19-9-8-18(15(2)3)14-21(19)28-23(25)24-22(26)13-17-7-10-20(27-5)16(4)12-17/h6-10,12,14-15H,1,11,13H2,2-5H3. The molecule has 0 saturated carbocycles. The maximum atomic E-state index is 12.6. The van der Waals surface area contributed by atoms with Crippen molar-refractivity contribution < 1.29 is 9.53 Å². The number of ether oxygens (including phenoxy) is 1. The van der Waals surface area contributed by atoms with E-state index in [9.17, 15) is 4.79 Å². The molecule has 2 aromatic carbocycles. The topological polar surface area (TPSA) is 43.6 Å². The quantitative estimate of drug-likeness (QED) is 0.552. The lowest BCUT2D eigenvalue weighted by molar-refractivity contribution is -0.117. The summed E-state index contributed by atoms with van der Waals surface area (Å²) in [5.74, 6) is 1.13. The van der Waals surface area contributed by atoms with Gasteiger partial charge in [0.15, 0.2) is 4.80 Å². The van der Waals surface area contributed by atoms with E-state index in [1.165, 1.54) is 5.56 Å². The van der Waals surface area contributed by atoms with Crippen molar-refractivity contribution in [3.05, 3.63) is 70.5 Å². The number of hydrogen-bond donors (Lipinski definition) is 0. The highest BCUT2D eigenvalue weighted by atomic mass is 32.1. The molecule has 146 valence electrons. The first kappa shape index (κ1) is 20.1. The molecule has 1 aromatic heterocycles. The minimum Gasteiger partial charge on any atom is -0.496 e. The Bertz CT molecular complexity index is 1090. The second kappa shape index (κ2) is 8.57. The van der Waals surface area contributed by atoms with Crippen LogP contribution in [0.5, 0.6) is 5.75 Å². The highest BCUT2D eigenvalue weighted by Gasteiger charge is 2.10. The molecule has 0 unspecified atom stereocenters. The number of carbonyl (C=O) groups is 1. The number of aryl methyl sites for hydroxylation is 1. The third-order valence-corrected chi connectivity index (χ3v) is 5.76. The van der Waals surface area contributed by atoms with E-state index in [0.29, 0.717) is 17.3 Å². The summed E-state index contributed by atoms with van der Waals surface area (Å²) in [7, 11) is 1.65. The van der Waals surface area contributed by atoms with Gasteiger partial charge in [-0.15, -0.1) is 6.58 Å². The predicted octanol–water partition coefficient (Wildman–Crippen LogP) is 5.00. The highest BCUT2D eigenvalue weighted by molar-refractivity contribution is 7.16. The number of benzene rings is 2. The Morgan fingerprint density at radius 2 is 2.07 bits per heavy atom. The van der Waals surface area contributed by atoms with Crippen LogP contribution < -0.4 is 9.54 Å². The van der Waals surface area contributed by atoms with Gasteiger partial charge in [0.2, 0.25) is 0 Å². The number of carbonyl (C=O) groups excluding carboxylic acids is 1. The summed E-state index contributed by atoms with van der Waals surface area (Å²) in [5, 5.41) is 0. The molecular formula is C23H26N2O2S. The van der Waals surface area contributed by atoms with E-state index in [0.717, 1.165) is 27.1 Å². The molecule has 0 spiro atoms. The third kappa shape index (κ3) is 4.25. The predicted molar refractivity (Wildman–Crippen MR) is 116 cm³/mol. The minimum atomic E-state index is -0.155. The maximum absolute atomic E-state index is 12.6. The lowest BCUT2D eigenvalue weighted by Crippen LogP contribution is -2.17. The van der Waals surface area contributed by atoms with Gasteiger partial charge in [0.05, 0.1) is 23.7 Å². The zero-order valence-electron chi connectivity index (χ0n) is 16.9. The van der Waals surface area contributed by atoms with Crippen LogP contribution in [0.25, 0.3) is 10.2 Å². The summed E-state index contributed by atoms with van der Waals surface area (Å²) >= 11 is 1.55. The molecule has 0 N–H and O–H groups in total. The molecule has 0 aliphatic carbocycles. The van der Waals surface area contributed by atoms with Crippen LogP contribution >= 0.6 is 11.3 Å². The normalized spacial score (nSPS) is 12.0. The van der Waals surface area contributed by atoms with Gasteiger partial charge in [-0.1, -0.05) is 49.5 Å². The Labute approximate surface area is 169 Å². The van der Waals surface area contributed by atoms with Crippen LogP contribution in [0, 0.1) is 6.92 Å². The van der Waals surface area contributed by atoms with Crippen molar-refractivity contribution in [1.29, 1.82) is 0 Å². The number of hydrogen-bond acceptors (Lipinski definition) is 3. The monoisotopic (exact) mass is 394 g/mol. The minimum absolute atomic E-state index is 0.155. The average molecular weight is 395 g/mol. The molecule has 3 rings (SSSR count). The maximum Gasteiger partial charge on any atom is 0.252 e. The van der Waals surface area contributed by atoms with Crippen molar-refractivity contribution in [1.82, 2.24) is 4.57 Å². The Balaban J connectivity index is 1.97. The fourth-order valence-electron chi connectivity index (χ4n) is 3.21. The van der Waals surface area contributed by atoms with Crippen molar-refractivity contribution in [2.45, 2.75) is 39.7 Å². The van der Waals surface area contributed by atoms with E-state index in [1.54, 1.807) is 18.4 Å². The van der Waals surface area contributed by atoms with Crippen molar-refractivity contribution in [3.8, 4) is 5.75 Å². The summed E-state index contributed by atoms with van der Waals surface area (Å²) in [4.78, 5) is 17.8. The smallest absolute Gasteiger partial charge is 0.252 e. The number of thiazole rings is 1. The zero-order valence-corrected chi connectivity index (χ0v) is 17.7. The molecule has 5 heteroatoms. The Morgan fingerprint density at radius 1 is 1.29 bits per heavy atom. The van der Waals surface area contributed by atoms with E-state index < -0.39 is 0 Å². The summed E-state index contributed by atoms with van der Waals surface area (Å²) in [6, 6.07) is 12.2. The first-order valence-corrected chi connectivity index (χ1v) is 10.2. The van der Waals surface area contributed by atoms with E-state index in [4.69, 9.17) is 4.74 Å². The second-order valence-corrected chi connectivity index (χ2v) is 8.16. The van der Waals surface area contributed by atoms with Gasteiger partial charge >= 0.3 is 0 Å². The van der Waals surface area contributed by atoms with E-state index in [-0.39, 0.29) is 12.3 Å². The number of methoxy groups -OCH3 is 1. The van der Waals surface area contributed by atoms with Crippen molar-refractivity contribution in [3.63, 3.8) is 0 Å². The number of rotatable bonds is 6. The molecule has 1 amide bonds. The first-order valence-electron chi connectivity index (χ1n) is 9.38. The number of nitrogens with zero attached hydrogens (tertiary/aromatic N) is 2. The molecule has 0 aliphatic rings. The fourth-order valence-corrected chi connectivity index (χ4v) is 4.32. The zero-order chi connectivity index (χ0) is 20.3. The number of fused-ring (bicyclic) bond motifs is 1. The average Bonchev–Trinajstić information content (AvgIpc) is 2.98. The lowest BCUT2D eigenvalue weighted by atomic mass is 10.0. The molecule has 0 bridgehead atoms. The van der Waals surface area contributed by atoms with Crippen LogP contribution in [0.1, 0.15) is 36.5 Å². The summed E-state index contributed by atoms with van der Waals surface area (Å²) < 4.78 is 8.47. The van der Waals surface area contributed by atoms with Gasteiger partial charge in [-0.2, -0.15) is 4.99 Å². The molecule has 0 aliphatic heterocycles. The summed E-state index contributed by atoms with van der Waals surface area (Å²) in [6.07, 6.45) is 2.10. The van der Waals surface area contributed by atoms with E-state index in [1.807, 2.05) is 35.8 Å². The van der Waals surface area contributed by atoms with Crippen molar-refractivity contribution in [2.75, 3.05) is 7.11 Å². The van der Waals surface area contributed by atoms with Gasteiger partial charge < -0.3 is 9.30 Å². The van der Waals surface area contributed by atoms with Crippen LogP contribution in [-0.4, -0.2) is 17.6 Å². The first-order chi connectivity index (χ1) is 13.4. The Kier molecular flexibility index (Phi) is 6.15. The summed E-state index contributed by atoms with van der Waals surface area (Å²) in [6.45, 7) is 10.8.